The van der Waals surface area contributed by atoms with Gasteiger partial charge in [-0.1, -0.05) is 0 Å². The predicted molar refractivity (Wildman–Crippen MR) is 73.8 cm³/mol. The molecule has 1 aliphatic rings. The van der Waals surface area contributed by atoms with Gasteiger partial charge >= 0.3 is 5.97 Å². The smallest absolute Gasteiger partial charge is 0.337 e. The van der Waals surface area contributed by atoms with E-state index in [9.17, 15) is 14.3 Å². The summed E-state index contributed by atoms with van der Waals surface area (Å²) >= 11 is 0. The fraction of sp³-hybridized carbons (Fsp3) is 0.429. The summed E-state index contributed by atoms with van der Waals surface area (Å²) in [7, 11) is 0. The first-order chi connectivity index (χ1) is 9.63. The quantitative estimate of drug-likeness (QED) is 0.936. The lowest BCUT2D eigenvalue weighted by Crippen LogP contribution is -2.22. The van der Waals surface area contributed by atoms with Crippen molar-refractivity contribution >= 4 is 22.7 Å². The Bertz CT molecular complexity index is 675. The molecule has 1 aromatic heterocycles. The molecule has 6 heteroatoms. The number of nitrogens with zero attached hydrogens (tertiary/aromatic N) is 3. The van der Waals surface area contributed by atoms with Crippen molar-refractivity contribution in [3.05, 3.63) is 23.8 Å². The van der Waals surface area contributed by atoms with Gasteiger partial charge in [-0.25, -0.2) is 14.2 Å². The average molecular weight is 277 g/mol. The van der Waals surface area contributed by atoms with Crippen molar-refractivity contribution in [2.24, 2.45) is 0 Å². The van der Waals surface area contributed by atoms with Crippen molar-refractivity contribution < 1.29 is 14.3 Å². The van der Waals surface area contributed by atoms with E-state index in [1.165, 1.54) is 6.07 Å². The number of hydrogen-bond donors (Lipinski definition) is 1. The summed E-state index contributed by atoms with van der Waals surface area (Å²) in [4.78, 5) is 17.3. The second-order valence-corrected chi connectivity index (χ2v) is 4.98. The van der Waals surface area contributed by atoms with Crippen molar-refractivity contribution in [1.29, 1.82) is 0 Å². The van der Waals surface area contributed by atoms with Gasteiger partial charge in [0.1, 0.15) is 5.52 Å². The molecule has 1 fully saturated rings. The molecule has 0 bridgehead atoms. The Morgan fingerprint density at radius 2 is 2.15 bits per heavy atom. The molecule has 5 nitrogen and oxygen atoms in total. The maximum atomic E-state index is 14.9. The summed E-state index contributed by atoms with van der Waals surface area (Å²) in [6.45, 7) is 3.90. The summed E-state index contributed by atoms with van der Waals surface area (Å²) in [6.07, 6.45) is 3.47. The maximum absolute atomic E-state index is 14.9. The number of benzene rings is 1. The fourth-order valence-electron chi connectivity index (χ4n) is 2.83. The van der Waals surface area contributed by atoms with Crippen LogP contribution in [0, 0.1) is 5.82 Å². The van der Waals surface area contributed by atoms with Crippen molar-refractivity contribution in [2.75, 3.05) is 18.0 Å². The van der Waals surface area contributed by atoms with E-state index in [0.717, 1.165) is 12.8 Å². The molecule has 0 aliphatic carbocycles. The number of aromatic carboxylic acids is 1. The molecule has 1 aliphatic heterocycles. The molecule has 106 valence electrons. The minimum atomic E-state index is -1.11. The predicted octanol–water partition coefficient (Wildman–Crippen LogP) is 2.49. The number of aryl methyl sites for hydroxylation is 1. The minimum absolute atomic E-state index is 0.00162. The minimum Gasteiger partial charge on any atom is -0.478 e. The number of rotatable bonds is 3. The molecule has 3 rings (SSSR count). The molecule has 0 radical (unpaired) electrons. The number of hydrogen-bond acceptors (Lipinski definition) is 3. The molecule has 0 amide bonds. The summed E-state index contributed by atoms with van der Waals surface area (Å²) in [5.74, 6) is -1.58. The Morgan fingerprint density at radius 3 is 2.75 bits per heavy atom. The number of halogens is 1. The van der Waals surface area contributed by atoms with Crippen LogP contribution in [0.4, 0.5) is 10.1 Å². The highest BCUT2D eigenvalue weighted by atomic mass is 19.1. The number of aromatic nitrogens is 2. The van der Waals surface area contributed by atoms with Crippen LogP contribution in [0.15, 0.2) is 12.4 Å². The molecule has 2 heterocycles. The Morgan fingerprint density at radius 1 is 1.45 bits per heavy atom. The van der Waals surface area contributed by atoms with Gasteiger partial charge in [0.25, 0.3) is 0 Å². The van der Waals surface area contributed by atoms with E-state index < -0.39 is 11.8 Å². The second kappa shape index (κ2) is 4.77. The van der Waals surface area contributed by atoms with E-state index in [2.05, 4.69) is 4.98 Å². The summed E-state index contributed by atoms with van der Waals surface area (Å²) < 4.78 is 16.6. The van der Waals surface area contributed by atoms with Crippen LogP contribution in [0.2, 0.25) is 0 Å². The van der Waals surface area contributed by atoms with Gasteiger partial charge in [-0.3, -0.25) is 0 Å². The number of imidazole rings is 1. The van der Waals surface area contributed by atoms with E-state index in [-0.39, 0.29) is 11.3 Å². The lowest BCUT2D eigenvalue weighted by molar-refractivity contribution is 0.0697. The van der Waals surface area contributed by atoms with Gasteiger partial charge in [0.05, 0.1) is 23.1 Å². The Kier molecular flexibility index (Phi) is 3.08. The van der Waals surface area contributed by atoms with Gasteiger partial charge in [0.15, 0.2) is 5.82 Å². The van der Waals surface area contributed by atoms with Crippen molar-refractivity contribution in [1.82, 2.24) is 9.55 Å². The highest BCUT2D eigenvalue weighted by molar-refractivity contribution is 6.00. The van der Waals surface area contributed by atoms with Crippen molar-refractivity contribution in [3.8, 4) is 0 Å². The number of anilines is 1. The van der Waals surface area contributed by atoms with Crippen LogP contribution in [-0.2, 0) is 6.54 Å². The van der Waals surface area contributed by atoms with Crippen LogP contribution in [-0.4, -0.2) is 33.7 Å². The van der Waals surface area contributed by atoms with Crippen molar-refractivity contribution in [3.63, 3.8) is 0 Å². The highest BCUT2D eigenvalue weighted by Gasteiger charge is 2.26. The van der Waals surface area contributed by atoms with Crippen LogP contribution in [0.3, 0.4) is 0 Å². The number of carboxylic acids is 1. The topological polar surface area (TPSA) is 58.4 Å². The van der Waals surface area contributed by atoms with E-state index in [1.807, 2.05) is 11.8 Å². The van der Waals surface area contributed by atoms with Gasteiger partial charge in [-0.2, -0.15) is 0 Å². The van der Waals surface area contributed by atoms with Gasteiger partial charge in [0, 0.05) is 19.6 Å². The molecular formula is C14H16FN3O2. The van der Waals surface area contributed by atoms with Crippen LogP contribution in [0.5, 0.6) is 0 Å². The SMILES string of the molecule is CCn1cnc2cc(C(=O)O)c(N3CCCC3)c(F)c21. The molecule has 1 aromatic carbocycles. The Hall–Kier alpha value is -2.11. The first-order valence-corrected chi connectivity index (χ1v) is 6.79. The largest absolute Gasteiger partial charge is 0.478 e. The average Bonchev–Trinajstić information content (AvgIpc) is 3.06. The fourth-order valence-corrected chi connectivity index (χ4v) is 2.83. The van der Waals surface area contributed by atoms with E-state index in [0.29, 0.717) is 30.7 Å². The van der Waals surface area contributed by atoms with E-state index >= 15 is 0 Å². The standard InChI is InChI=1S/C14H16FN3O2/c1-2-17-8-16-10-7-9(14(19)20)12(11(15)13(10)17)18-5-3-4-6-18/h7-8H,2-6H2,1H3,(H,19,20). The second-order valence-electron chi connectivity index (χ2n) is 4.98. The first kappa shape index (κ1) is 12.9. The molecule has 0 unspecified atom stereocenters. The van der Waals surface area contributed by atoms with Crippen molar-refractivity contribution in [2.45, 2.75) is 26.3 Å². The van der Waals surface area contributed by atoms with Crippen LogP contribution in [0.25, 0.3) is 11.0 Å². The number of carboxylic acid groups (broad SMARTS) is 1. The third-order valence-electron chi connectivity index (χ3n) is 3.81. The molecule has 2 aromatic rings. The van der Waals surface area contributed by atoms with Gasteiger partial charge in [-0.05, 0) is 25.8 Å². The van der Waals surface area contributed by atoms with Gasteiger partial charge < -0.3 is 14.6 Å². The van der Waals surface area contributed by atoms with E-state index in [4.69, 9.17) is 0 Å². The zero-order valence-electron chi connectivity index (χ0n) is 11.3. The summed E-state index contributed by atoms with van der Waals surface area (Å²) in [6, 6.07) is 1.47. The maximum Gasteiger partial charge on any atom is 0.337 e. The monoisotopic (exact) mass is 277 g/mol. The lowest BCUT2D eigenvalue weighted by Gasteiger charge is -2.21. The van der Waals surface area contributed by atoms with Crippen LogP contribution in [0.1, 0.15) is 30.1 Å². The van der Waals surface area contributed by atoms with Crippen LogP contribution >= 0.6 is 0 Å². The third-order valence-corrected chi connectivity index (χ3v) is 3.81. The van der Waals surface area contributed by atoms with E-state index in [1.54, 1.807) is 10.9 Å². The summed E-state index contributed by atoms with van der Waals surface area (Å²) in [5.41, 5.74) is 0.986. The van der Waals surface area contributed by atoms with Crippen LogP contribution < -0.4 is 4.90 Å². The third kappa shape index (κ3) is 1.83. The molecule has 20 heavy (non-hydrogen) atoms. The first-order valence-electron chi connectivity index (χ1n) is 6.79. The molecular weight excluding hydrogens is 261 g/mol. The lowest BCUT2D eigenvalue weighted by atomic mass is 10.1. The number of carbonyl (C=O) groups is 1. The number of fused-ring (bicyclic) bond motifs is 1. The Labute approximate surface area is 115 Å². The van der Waals surface area contributed by atoms with Gasteiger partial charge in [-0.15, -0.1) is 0 Å². The molecule has 0 saturated carbocycles. The zero-order valence-corrected chi connectivity index (χ0v) is 11.3. The Balaban J connectivity index is 2.30. The normalized spacial score (nSPS) is 15.2. The molecule has 1 saturated heterocycles. The molecule has 1 N–H and O–H groups in total. The summed E-state index contributed by atoms with van der Waals surface area (Å²) in [5, 5.41) is 9.35. The zero-order chi connectivity index (χ0) is 14.3. The van der Waals surface area contributed by atoms with Gasteiger partial charge in [0.2, 0.25) is 0 Å². The molecule has 0 atom stereocenters. The highest BCUT2D eigenvalue weighted by Crippen LogP contribution is 2.33. The molecule has 0 spiro atoms.